The van der Waals surface area contributed by atoms with Gasteiger partial charge in [-0.25, -0.2) is 8.42 Å². The summed E-state index contributed by atoms with van der Waals surface area (Å²) in [5.74, 6) is 0.0766. The van der Waals surface area contributed by atoms with E-state index in [1.807, 2.05) is 19.1 Å². The normalized spacial score (nSPS) is 15.4. The molecule has 3 aromatic rings. The number of nitrogens with zero attached hydrogens (tertiary/aromatic N) is 3. The van der Waals surface area contributed by atoms with Crippen LogP contribution in [0.3, 0.4) is 0 Å². The molecule has 0 aliphatic carbocycles. The first-order chi connectivity index (χ1) is 15.0. The van der Waals surface area contributed by atoms with Crippen LogP contribution in [0, 0.1) is 6.92 Å². The SMILES string of the molecule is Cc1c(NC(=O)c2ccc(S(=O)(=O)N3CCCCCC3)cc2)n[nH]c1-c1ccncc1. The molecule has 0 saturated carbocycles. The molecule has 1 aliphatic heterocycles. The van der Waals surface area contributed by atoms with E-state index in [-0.39, 0.29) is 10.8 Å². The van der Waals surface area contributed by atoms with Crippen LogP contribution in [0.25, 0.3) is 11.3 Å². The summed E-state index contributed by atoms with van der Waals surface area (Å²) in [7, 11) is -3.54. The molecular weight excluding hydrogens is 414 g/mol. The lowest BCUT2D eigenvalue weighted by atomic mass is 10.1. The van der Waals surface area contributed by atoms with Gasteiger partial charge in [0.1, 0.15) is 0 Å². The molecule has 0 atom stereocenters. The molecule has 0 unspecified atom stereocenters. The number of pyridine rings is 1. The Hall–Kier alpha value is -3.04. The number of amides is 1. The molecule has 1 aliphatic rings. The summed E-state index contributed by atoms with van der Waals surface area (Å²) in [6.07, 6.45) is 7.25. The summed E-state index contributed by atoms with van der Waals surface area (Å²) < 4.78 is 27.3. The highest BCUT2D eigenvalue weighted by Crippen LogP contribution is 2.26. The molecule has 9 heteroatoms. The Kier molecular flexibility index (Phi) is 6.15. The van der Waals surface area contributed by atoms with Crippen molar-refractivity contribution in [1.29, 1.82) is 0 Å². The maximum atomic E-state index is 12.9. The first-order valence-corrected chi connectivity index (χ1v) is 11.8. The van der Waals surface area contributed by atoms with Crippen LogP contribution in [0.2, 0.25) is 0 Å². The largest absolute Gasteiger partial charge is 0.305 e. The highest BCUT2D eigenvalue weighted by molar-refractivity contribution is 7.89. The smallest absolute Gasteiger partial charge is 0.256 e. The minimum Gasteiger partial charge on any atom is -0.305 e. The fourth-order valence-corrected chi connectivity index (χ4v) is 5.23. The second-order valence-electron chi connectivity index (χ2n) is 7.60. The predicted octanol–water partition coefficient (Wildman–Crippen LogP) is 3.60. The third-order valence-corrected chi connectivity index (χ3v) is 7.44. The number of sulfonamides is 1. The molecule has 1 fully saturated rings. The van der Waals surface area contributed by atoms with E-state index in [9.17, 15) is 13.2 Å². The Bertz CT molecular complexity index is 1150. The Morgan fingerprint density at radius 2 is 1.65 bits per heavy atom. The molecule has 1 saturated heterocycles. The van der Waals surface area contributed by atoms with Gasteiger partial charge in [0.25, 0.3) is 5.91 Å². The van der Waals surface area contributed by atoms with Gasteiger partial charge in [-0.2, -0.15) is 9.40 Å². The second-order valence-corrected chi connectivity index (χ2v) is 9.54. The van der Waals surface area contributed by atoms with Gasteiger partial charge in [0.05, 0.1) is 10.6 Å². The van der Waals surface area contributed by atoms with E-state index in [1.165, 1.54) is 24.3 Å². The highest BCUT2D eigenvalue weighted by atomic mass is 32.2. The highest BCUT2D eigenvalue weighted by Gasteiger charge is 2.25. The van der Waals surface area contributed by atoms with Gasteiger partial charge in [0.2, 0.25) is 10.0 Å². The van der Waals surface area contributed by atoms with Crippen molar-refractivity contribution < 1.29 is 13.2 Å². The summed E-state index contributed by atoms with van der Waals surface area (Å²) in [6, 6.07) is 9.77. The second kappa shape index (κ2) is 8.99. The number of carbonyl (C=O) groups excluding carboxylic acids is 1. The van der Waals surface area contributed by atoms with E-state index in [0.29, 0.717) is 24.5 Å². The van der Waals surface area contributed by atoms with Crippen LogP contribution in [0.15, 0.2) is 53.7 Å². The van der Waals surface area contributed by atoms with E-state index in [1.54, 1.807) is 16.7 Å². The quantitative estimate of drug-likeness (QED) is 0.632. The van der Waals surface area contributed by atoms with E-state index in [2.05, 4.69) is 20.5 Å². The molecule has 3 heterocycles. The predicted molar refractivity (Wildman–Crippen MR) is 118 cm³/mol. The van der Waals surface area contributed by atoms with Crippen LogP contribution >= 0.6 is 0 Å². The van der Waals surface area contributed by atoms with Crippen molar-refractivity contribution in [1.82, 2.24) is 19.5 Å². The molecule has 0 radical (unpaired) electrons. The Morgan fingerprint density at radius 3 is 2.29 bits per heavy atom. The zero-order valence-electron chi connectivity index (χ0n) is 17.3. The fraction of sp³-hybridized carbons (Fsp3) is 0.318. The van der Waals surface area contributed by atoms with Crippen LogP contribution < -0.4 is 5.32 Å². The van der Waals surface area contributed by atoms with Crippen molar-refractivity contribution in [3.05, 3.63) is 59.9 Å². The minimum atomic E-state index is -3.54. The maximum absolute atomic E-state index is 12.9. The Balaban J connectivity index is 1.48. The van der Waals surface area contributed by atoms with Gasteiger partial charge < -0.3 is 5.32 Å². The van der Waals surface area contributed by atoms with Crippen LogP contribution in [0.5, 0.6) is 0 Å². The van der Waals surface area contributed by atoms with Gasteiger partial charge in [-0.1, -0.05) is 12.8 Å². The molecule has 31 heavy (non-hydrogen) atoms. The van der Waals surface area contributed by atoms with Gasteiger partial charge in [-0.3, -0.25) is 14.9 Å². The third-order valence-electron chi connectivity index (χ3n) is 5.53. The zero-order chi connectivity index (χ0) is 21.8. The Morgan fingerprint density at radius 1 is 1.00 bits per heavy atom. The topological polar surface area (TPSA) is 108 Å². The number of aromatic nitrogens is 3. The fourth-order valence-electron chi connectivity index (χ4n) is 3.71. The van der Waals surface area contributed by atoms with Crippen LogP contribution in [-0.4, -0.2) is 46.9 Å². The molecule has 8 nitrogen and oxygen atoms in total. The van der Waals surface area contributed by atoms with Crippen molar-refractivity contribution in [2.75, 3.05) is 18.4 Å². The molecule has 0 spiro atoms. The number of hydrogen-bond acceptors (Lipinski definition) is 5. The van der Waals surface area contributed by atoms with Crippen molar-refractivity contribution in [3.8, 4) is 11.3 Å². The number of benzene rings is 1. The molecule has 162 valence electrons. The zero-order valence-corrected chi connectivity index (χ0v) is 18.2. The third kappa shape index (κ3) is 4.52. The van der Waals surface area contributed by atoms with Crippen LogP contribution in [0.1, 0.15) is 41.6 Å². The molecule has 2 aromatic heterocycles. The molecule has 1 amide bonds. The number of anilines is 1. The monoisotopic (exact) mass is 439 g/mol. The summed E-state index contributed by atoms with van der Waals surface area (Å²) in [6.45, 7) is 2.96. The standard InChI is InChI=1S/C22H25N5O3S/c1-16-20(17-10-12-23-13-11-17)25-26-21(16)24-22(28)18-6-8-19(9-7-18)31(29,30)27-14-4-2-3-5-15-27/h6-13H,2-5,14-15H2,1H3,(H2,24,25,26,28). The number of H-pyrrole nitrogens is 1. The van der Waals surface area contributed by atoms with Gasteiger partial charge in [0, 0.05) is 42.2 Å². The molecular formula is C22H25N5O3S. The minimum absolute atomic E-state index is 0.210. The number of hydrogen-bond donors (Lipinski definition) is 2. The van der Waals surface area contributed by atoms with Crippen molar-refractivity contribution in [2.45, 2.75) is 37.5 Å². The average Bonchev–Trinajstić information content (AvgIpc) is 2.98. The summed E-state index contributed by atoms with van der Waals surface area (Å²) in [5, 5.41) is 9.93. The number of aromatic amines is 1. The number of carbonyl (C=O) groups is 1. The first kappa shape index (κ1) is 21.2. The lowest BCUT2D eigenvalue weighted by Gasteiger charge is -2.20. The van der Waals surface area contributed by atoms with Gasteiger partial charge in [-0.05, 0) is 56.2 Å². The summed E-state index contributed by atoms with van der Waals surface area (Å²) in [5.41, 5.74) is 2.89. The van der Waals surface area contributed by atoms with Crippen molar-refractivity contribution in [2.24, 2.45) is 0 Å². The van der Waals surface area contributed by atoms with E-state index < -0.39 is 10.0 Å². The van der Waals surface area contributed by atoms with Crippen LogP contribution in [0.4, 0.5) is 5.82 Å². The molecule has 0 bridgehead atoms. The summed E-state index contributed by atoms with van der Waals surface area (Å²) >= 11 is 0. The van der Waals surface area contributed by atoms with E-state index in [0.717, 1.165) is 42.5 Å². The number of nitrogens with one attached hydrogen (secondary N) is 2. The van der Waals surface area contributed by atoms with E-state index >= 15 is 0 Å². The van der Waals surface area contributed by atoms with Gasteiger partial charge in [-0.15, -0.1) is 0 Å². The molecule has 2 N–H and O–H groups in total. The number of rotatable bonds is 5. The Labute approximate surface area is 181 Å². The average molecular weight is 440 g/mol. The van der Waals surface area contributed by atoms with Gasteiger partial charge in [0.15, 0.2) is 5.82 Å². The van der Waals surface area contributed by atoms with Crippen molar-refractivity contribution >= 4 is 21.7 Å². The first-order valence-electron chi connectivity index (χ1n) is 10.3. The van der Waals surface area contributed by atoms with Crippen LogP contribution in [-0.2, 0) is 10.0 Å². The lowest BCUT2D eigenvalue weighted by molar-refractivity contribution is 0.102. The lowest BCUT2D eigenvalue weighted by Crippen LogP contribution is -2.31. The summed E-state index contributed by atoms with van der Waals surface area (Å²) in [4.78, 5) is 16.9. The van der Waals surface area contributed by atoms with Gasteiger partial charge >= 0.3 is 0 Å². The maximum Gasteiger partial charge on any atom is 0.256 e. The van der Waals surface area contributed by atoms with Crippen molar-refractivity contribution in [3.63, 3.8) is 0 Å². The molecule has 4 rings (SSSR count). The van der Waals surface area contributed by atoms with E-state index in [4.69, 9.17) is 0 Å². The molecule has 1 aromatic carbocycles.